The highest BCUT2D eigenvalue weighted by atomic mass is 127. The first-order valence-electron chi connectivity index (χ1n) is 12.5. The van der Waals surface area contributed by atoms with E-state index in [1.807, 2.05) is 0 Å². The molecule has 3 aromatic rings. The van der Waals surface area contributed by atoms with Gasteiger partial charge in [-0.15, -0.1) is 0 Å². The number of fused-ring (bicyclic) bond motifs is 1. The molecule has 2 aliphatic carbocycles. The average molecular weight is 1040 g/mol. The van der Waals surface area contributed by atoms with Crippen LogP contribution in [-0.4, -0.2) is 43.1 Å². The van der Waals surface area contributed by atoms with Gasteiger partial charge in [0.2, 0.25) is 0 Å². The van der Waals surface area contributed by atoms with Crippen LogP contribution in [0.3, 0.4) is 0 Å². The Morgan fingerprint density at radius 1 is 0.929 bits per heavy atom. The van der Waals surface area contributed by atoms with Gasteiger partial charge < -0.3 is 14.2 Å². The summed E-state index contributed by atoms with van der Waals surface area (Å²) in [6.07, 6.45) is -0.969. The van der Waals surface area contributed by atoms with Crippen LogP contribution in [-0.2, 0) is 29.2 Å². The molecule has 6 atom stereocenters. The second kappa shape index (κ2) is 11.7. The molecule has 2 saturated carbocycles. The molecule has 42 heavy (non-hydrogen) atoms. The van der Waals surface area contributed by atoms with E-state index in [-0.39, 0.29) is 22.1 Å². The number of halogens is 4. The van der Waals surface area contributed by atoms with Crippen LogP contribution in [0.2, 0.25) is 0 Å². The molecule has 0 spiro atoms. The Bertz CT molecular complexity index is 1760. The number of esters is 3. The second-order valence-electron chi connectivity index (χ2n) is 10.2. The highest BCUT2D eigenvalue weighted by Crippen LogP contribution is 2.59. The smallest absolute Gasteiger partial charge is 0.339 e. The third-order valence-corrected chi connectivity index (χ3v) is 16.1. The van der Waals surface area contributed by atoms with Crippen molar-refractivity contribution in [1.29, 1.82) is 0 Å². The molecule has 1 aliphatic heterocycles. The first kappa shape index (κ1) is 30.9. The summed E-state index contributed by atoms with van der Waals surface area (Å²) in [6.45, 7) is 0. The van der Waals surface area contributed by atoms with Crippen molar-refractivity contribution in [1.82, 2.24) is 0 Å². The van der Waals surface area contributed by atoms with Gasteiger partial charge in [-0.25, -0.2) is 4.79 Å². The molecule has 3 aliphatic rings. The Kier molecular flexibility index (Phi) is 8.59. The van der Waals surface area contributed by atoms with E-state index in [0.717, 1.165) is 20.3 Å². The lowest BCUT2D eigenvalue weighted by Crippen LogP contribution is -2.44. The summed E-state index contributed by atoms with van der Waals surface area (Å²) in [5.74, 6) is -4.11. The number of carbonyl (C=O) groups excluding carboxylic acids is 3. The fourth-order valence-corrected chi connectivity index (χ4v) is 10.2. The summed E-state index contributed by atoms with van der Waals surface area (Å²) in [4.78, 5) is 39.5. The molecule has 1 saturated heterocycles. The van der Waals surface area contributed by atoms with Crippen LogP contribution in [0.4, 0.5) is 0 Å². The summed E-state index contributed by atoms with van der Waals surface area (Å²) in [5, 5.41) is 0. The van der Waals surface area contributed by atoms with Gasteiger partial charge in [-0.1, -0.05) is 30.3 Å². The summed E-state index contributed by atoms with van der Waals surface area (Å²) in [5.41, 5.74) is 1.05. The SMILES string of the molecule is O=C(OC1C2CC3C1OC(=O)C3C2C(=O)Oc1ccc(S(=O)(=O)O)c(-c2ccccc2)c1)c1cc(I)c(I)c(I)c1I. The van der Waals surface area contributed by atoms with Gasteiger partial charge >= 0.3 is 17.9 Å². The molecule has 14 heteroatoms. The Morgan fingerprint density at radius 2 is 1.64 bits per heavy atom. The summed E-state index contributed by atoms with van der Waals surface area (Å²) in [6, 6.07) is 14.1. The number of rotatable bonds is 6. The third-order valence-electron chi connectivity index (χ3n) is 7.92. The summed E-state index contributed by atoms with van der Waals surface area (Å²) < 4.78 is 54.8. The molecular formula is C28H18I4O9S. The van der Waals surface area contributed by atoms with Crippen molar-refractivity contribution < 1.29 is 41.6 Å². The van der Waals surface area contributed by atoms with Crippen LogP contribution in [0, 0.1) is 38.0 Å². The molecule has 9 nitrogen and oxygen atoms in total. The standard InChI is InChI=1S/C28H18I4O9S/c29-17-10-16(21(30)23(32)22(17)31)26(33)40-24-14-9-15-20(28(35)41-25(15)24)19(14)27(34)39-12-6-7-18(42(36,37)38)13(8-12)11-4-2-1-3-5-11/h1-8,10,14-15,19-20,24-25H,9H2,(H,36,37,38). The zero-order valence-electron chi connectivity index (χ0n) is 21.0. The quantitative estimate of drug-likeness (QED) is 0.0794. The molecule has 1 N–H and O–H groups in total. The number of hydrogen-bond donors (Lipinski definition) is 1. The summed E-state index contributed by atoms with van der Waals surface area (Å²) >= 11 is 8.68. The van der Waals surface area contributed by atoms with E-state index in [0.29, 0.717) is 17.5 Å². The molecular weight excluding hydrogens is 1020 g/mol. The Hall–Kier alpha value is -1.10. The van der Waals surface area contributed by atoms with Crippen molar-refractivity contribution in [2.24, 2.45) is 23.7 Å². The number of ether oxygens (including phenoxy) is 3. The van der Waals surface area contributed by atoms with E-state index in [9.17, 15) is 27.4 Å². The van der Waals surface area contributed by atoms with Gasteiger partial charge in [0.25, 0.3) is 10.1 Å². The Labute approximate surface area is 295 Å². The molecule has 2 bridgehead atoms. The predicted molar refractivity (Wildman–Crippen MR) is 182 cm³/mol. The fraction of sp³-hybridized carbons (Fsp3) is 0.250. The van der Waals surface area contributed by atoms with Gasteiger partial charge in [0.15, 0.2) is 0 Å². The van der Waals surface area contributed by atoms with Crippen LogP contribution in [0.15, 0.2) is 59.5 Å². The van der Waals surface area contributed by atoms with Crippen LogP contribution < -0.4 is 4.74 Å². The number of carbonyl (C=O) groups is 3. The van der Waals surface area contributed by atoms with Gasteiger partial charge in [-0.2, -0.15) is 8.42 Å². The predicted octanol–water partition coefficient (Wildman–Crippen LogP) is 5.96. The molecule has 3 fully saturated rings. The first-order chi connectivity index (χ1) is 19.9. The van der Waals surface area contributed by atoms with E-state index < -0.39 is 58.0 Å². The highest BCUT2D eigenvalue weighted by Gasteiger charge is 2.70. The van der Waals surface area contributed by atoms with E-state index >= 15 is 0 Å². The maximum absolute atomic E-state index is 13.6. The van der Waals surface area contributed by atoms with Gasteiger partial charge in [0.1, 0.15) is 22.9 Å². The minimum absolute atomic E-state index is 0.0445. The average Bonchev–Trinajstić information content (AvgIpc) is 3.57. The third kappa shape index (κ3) is 5.38. The Morgan fingerprint density at radius 3 is 2.33 bits per heavy atom. The lowest BCUT2D eigenvalue weighted by Gasteiger charge is -2.30. The van der Waals surface area contributed by atoms with Gasteiger partial charge in [0.05, 0.1) is 17.4 Å². The van der Waals surface area contributed by atoms with Crippen molar-refractivity contribution in [3.63, 3.8) is 0 Å². The lowest BCUT2D eigenvalue weighted by atomic mass is 9.78. The molecule has 0 amide bonds. The number of benzene rings is 3. The van der Waals surface area contributed by atoms with E-state index in [1.165, 1.54) is 12.1 Å². The minimum Gasteiger partial charge on any atom is -0.458 e. The maximum Gasteiger partial charge on any atom is 0.339 e. The fourth-order valence-electron chi connectivity index (χ4n) is 6.20. The van der Waals surface area contributed by atoms with Crippen molar-refractivity contribution >= 4 is 118 Å². The zero-order valence-corrected chi connectivity index (χ0v) is 30.4. The molecule has 3 aromatic carbocycles. The summed E-state index contributed by atoms with van der Waals surface area (Å²) in [7, 11) is -4.57. The molecule has 6 rings (SSSR count). The van der Waals surface area contributed by atoms with Crippen LogP contribution in [0.5, 0.6) is 5.75 Å². The molecule has 0 radical (unpaired) electrons. The highest BCUT2D eigenvalue weighted by molar-refractivity contribution is 14.1. The second-order valence-corrected chi connectivity index (χ2v) is 15.9. The molecule has 218 valence electrons. The molecule has 0 aromatic heterocycles. The van der Waals surface area contributed by atoms with E-state index in [2.05, 4.69) is 90.4 Å². The Balaban J connectivity index is 1.28. The lowest BCUT2D eigenvalue weighted by molar-refractivity contribution is -0.149. The van der Waals surface area contributed by atoms with Crippen LogP contribution in [0.25, 0.3) is 11.1 Å². The van der Waals surface area contributed by atoms with Gasteiger partial charge in [-0.05, 0) is 127 Å². The van der Waals surface area contributed by atoms with Gasteiger partial charge in [-0.3, -0.25) is 14.1 Å². The van der Waals surface area contributed by atoms with Crippen molar-refractivity contribution in [2.75, 3.05) is 0 Å². The van der Waals surface area contributed by atoms with Crippen LogP contribution in [0.1, 0.15) is 16.8 Å². The first-order valence-corrected chi connectivity index (χ1v) is 18.3. The van der Waals surface area contributed by atoms with E-state index in [1.54, 1.807) is 36.4 Å². The van der Waals surface area contributed by atoms with E-state index in [4.69, 9.17) is 14.2 Å². The largest absolute Gasteiger partial charge is 0.458 e. The van der Waals surface area contributed by atoms with Crippen molar-refractivity contribution in [3.05, 3.63) is 74.4 Å². The zero-order chi connectivity index (χ0) is 30.1. The topological polar surface area (TPSA) is 133 Å². The van der Waals surface area contributed by atoms with Crippen molar-refractivity contribution in [2.45, 2.75) is 23.5 Å². The maximum atomic E-state index is 13.6. The molecule has 6 unspecified atom stereocenters. The molecule has 1 heterocycles. The minimum atomic E-state index is -4.57. The number of hydrogen-bond acceptors (Lipinski definition) is 8. The monoisotopic (exact) mass is 1040 g/mol. The normalized spacial score (nSPS) is 25.8. The van der Waals surface area contributed by atoms with Crippen molar-refractivity contribution in [3.8, 4) is 16.9 Å². The van der Waals surface area contributed by atoms with Gasteiger partial charge in [0, 0.05) is 31.7 Å². The van der Waals surface area contributed by atoms with Crippen LogP contribution >= 0.6 is 90.4 Å².